The maximum Gasteiger partial charge on any atom is 0.287 e. The molecule has 2 aromatic rings. The van der Waals surface area contributed by atoms with Gasteiger partial charge in [0.2, 0.25) is 5.91 Å². The zero-order chi connectivity index (χ0) is 21.6. The number of nitrogens with one attached hydrogen (secondary N) is 2. The van der Waals surface area contributed by atoms with E-state index in [1.807, 2.05) is 0 Å². The normalized spacial score (nSPS) is 10.9. The van der Waals surface area contributed by atoms with Crippen LogP contribution < -0.4 is 10.7 Å². The smallest absolute Gasteiger partial charge is 0.287 e. The molecular weight excluding hydrogens is 406 g/mol. The van der Waals surface area contributed by atoms with E-state index in [2.05, 4.69) is 15.8 Å². The molecule has 12 heteroatoms. The topological polar surface area (TPSA) is 157 Å². The summed E-state index contributed by atoms with van der Waals surface area (Å²) in [5, 5.41) is 27.6. The number of nitro groups is 2. The number of nitrogens with zero attached hydrogens (tertiary/aromatic N) is 3. The molecule has 0 saturated heterocycles. The predicted molar refractivity (Wildman–Crippen MR) is 105 cm³/mol. The number of rotatable bonds is 7. The third kappa shape index (κ3) is 6.07. The molecule has 0 aromatic heterocycles. The Hall–Kier alpha value is -3.86. The van der Waals surface area contributed by atoms with Gasteiger partial charge in [-0.25, -0.2) is 5.43 Å². The van der Waals surface area contributed by atoms with Gasteiger partial charge >= 0.3 is 0 Å². The molecule has 2 amide bonds. The van der Waals surface area contributed by atoms with Crippen LogP contribution in [0.15, 0.2) is 47.6 Å². The minimum absolute atomic E-state index is 0.0539. The molecule has 29 heavy (non-hydrogen) atoms. The molecule has 0 fully saturated rings. The van der Waals surface area contributed by atoms with Crippen molar-refractivity contribution in [3.63, 3.8) is 0 Å². The Kier molecular flexibility index (Phi) is 6.93. The lowest BCUT2D eigenvalue weighted by Gasteiger charge is -2.06. The van der Waals surface area contributed by atoms with Crippen molar-refractivity contribution in [1.29, 1.82) is 0 Å². The lowest BCUT2D eigenvalue weighted by Crippen LogP contribution is -2.21. The first kappa shape index (κ1) is 21.4. The number of carbonyl (C=O) groups is 2. The molecule has 0 spiro atoms. The summed E-state index contributed by atoms with van der Waals surface area (Å²) in [6.07, 6.45) is -0.177. The van der Waals surface area contributed by atoms with Gasteiger partial charge in [0.15, 0.2) is 0 Å². The summed E-state index contributed by atoms with van der Waals surface area (Å²) < 4.78 is 0. The number of hydrogen-bond acceptors (Lipinski definition) is 7. The van der Waals surface area contributed by atoms with Gasteiger partial charge in [-0.2, -0.15) is 5.10 Å². The number of carbonyl (C=O) groups excluding carboxylic acids is 2. The molecule has 11 nitrogen and oxygen atoms in total. The van der Waals surface area contributed by atoms with Gasteiger partial charge in [-0.3, -0.25) is 29.8 Å². The Labute approximate surface area is 168 Å². The van der Waals surface area contributed by atoms with E-state index in [0.717, 1.165) is 12.1 Å². The molecule has 0 aliphatic carbocycles. The number of hydrogen-bond donors (Lipinski definition) is 2. The second-order valence-electron chi connectivity index (χ2n) is 5.74. The first-order valence-corrected chi connectivity index (χ1v) is 8.37. The number of non-ortho nitro benzene ring substituents is 1. The molecular formula is C17H14ClN5O6. The van der Waals surface area contributed by atoms with Crippen molar-refractivity contribution in [2.45, 2.75) is 13.3 Å². The van der Waals surface area contributed by atoms with Gasteiger partial charge in [0.1, 0.15) is 5.02 Å². The van der Waals surface area contributed by atoms with E-state index in [0.29, 0.717) is 0 Å². The SMILES string of the molecule is C/C(CC(=O)Nc1cccc([N+](=O)[O-])c1)=N\NC(=O)c1ccc([N+](=O)[O-])c(Cl)c1. The molecule has 0 aliphatic heterocycles. The Morgan fingerprint density at radius 1 is 1.10 bits per heavy atom. The van der Waals surface area contributed by atoms with Crippen LogP contribution in [0.4, 0.5) is 17.1 Å². The maximum atomic E-state index is 12.0. The highest BCUT2D eigenvalue weighted by molar-refractivity contribution is 6.33. The summed E-state index contributed by atoms with van der Waals surface area (Å²) in [5.41, 5.74) is 2.29. The fraction of sp³-hybridized carbons (Fsp3) is 0.118. The standard InChI is InChI=1S/C17H14ClN5O6/c1-10(7-16(24)19-12-3-2-4-13(9-12)22(26)27)20-21-17(25)11-5-6-15(23(28)29)14(18)8-11/h2-6,8-9H,7H2,1H3,(H,19,24)(H,21,25)/b20-10+. The van der Waals surface area contributed by atoms with E-state index in [4.69, 9.17) is 11.6 Å². The Morgan fingerprint density at radius 3 is 2.45 bits per heavy atom. The first-order chi connectivity index (χ1) is 13.7. The van der Waals surface area contributed by atoms with Crippen LogP contribution in [-0.2, 0) is 4.79 Å². The van der Waals surface area contributed by atoms with E-state index in [9.17, 15) is 29.8 Å². The zero-order valence-electron chi connectivity index (χ0n) is 14.9. The molecule has 0 saturated carbocycles. The summed E-state index contributed by atoms with van der Waals surface area (Å²) in [6, 6.07) is 8.89. The van der Waals surface area contributed by atoms with Gasteiger partial charge in [0, 0.05) is 35.2 Å². The first-order valence-electron chi connectivity index (χ1n) is 7.99. The Bertz CT molecular complexity index is 1020. The fourth-order valence-corrected chi connectivity index (χ4v) is 2.43. The number of anilines is 1. The monoisotopic (exact) mass is 419 g/mol. The van der Waals surface area contributed by atoms with Gasteiger partial charge in [0.05, 0.1) is 16.3 Å². The summed E-state index contributed by atoms with van der Waals surface area (Å²) in [5.74, 6) is -1.15. The van der Waals surface area contributed by atoms with Crippen LogP contribution in [0.25, 0.3) is 0 Å². The third-order valence-electron chi connectivity index (χ3n) is 3.51. The number of benzene rings is 2. The second kappa shape index (κ2) is 9.37. The molecule has 0 unspecified atom stereocenters. The third-order valence-corrected chi connectivity index (χ3v) is 3.81. The minimum atomic E-state index is -0.674. The summed E-state index contributed by atoms with van der Waals surface area (Å²) >= 11 is 5.76. The van der Waals surface area contributed by atoms with E-state index < -0.39 is 21.7 Å². The summed E-state index contributed by atoms with van der Waals surface area (Å²) in [7, 11) is 0. The van der Waals surface area contributed by atoms with Crippen molar-refractivity contribution in [2.75, 3.05) is 5.32 Å². The van der Waals surface area contributed by atoms with E-state index >= 15 is 0 Å². The van der Waals surface area contributed by atoms with Crippen molar-refractivity contribution < 1.29 is 19.4 Å². The Morgan fingerprint density at radius 2 is 1.83 bits per heavy atom. The van der Waals surface area contributed by atoms with Crippen molar-refractivity contribution in [2.24, 2.45) is 5.10 Å². The van der Waals surface area contributed by atoms with Gasteiger partial charge in [-0.1, -0.05) is 17.7 Å². The minimum Gasteiger partial charge on any atom is -0.326 e. The number of hydrazone groups is 1. The van der Waals surface area contributed by atoms with Crippen molar-refractivity contribution in [3.05, 3.63) is 73.3 Å². The van der Waals surface area contributed by atoms with Crippen molar-refractivity contribution >= 4 is 46.2 Å². The molecule has 2 aromatic carbocycles. The highest BCUT2D eigenvalue weighted by atomic mass is 35.5. The van der Waals surface area contributed by atoms with Gasteiger partial charge < -0.3 is 5.32 Å². The van der Waals surface area contributed by atoms with Crippen LogP contribution in [-0.4, -0.2) is 27.4 Å². The molecule has 0 bridgehead atoms. The van der Waals surface area contributed by atoms with Crippen LogP contribution in [0.3, 0.4) is 0 Å². The molecule has 2 N–H and O–H groups in total. The van der Waals surface area contributed by atoms with Crippen LogP contribution in [0.1, 0.15) is 23.7 Å². The maximum absolute atomic E-state index is 12.0. The predicted octanol–water partition coefficient (Wildman–Crippen LogP) is 3.29. The average molecular weight is 420 g/mol. The van der Waals surface area contributed by atoms with E-state index in [1.165, 1.54) is 37.3 Å². The van der Waals surface area contributed by atoms with Crippen LogP contribution in [0, 0.1) is 20.2 Å². The average Bonchev–Trinajstić information content (AvgIpc) is 2.65. The second-order valence-corrected chi connectivity index (χ2v) is 6.15. The lowest BCUT2D eigenvalue weighted by atomic mass is 10.2. The quantitative estimate of drug-likeness (QED) is 0.398. The van der Waals surface area contributed by atoms with Crippen molar-refractivity contribution in [3.8, 4) is 0 Å². The van der Waals surface area contributed by atoms with Crippen LogP contribution in [0.5, 0.6) is 0 Å². The largest absolute Gasteiger partial charge is 0.326 e. The van der Waals surface area contributed by atoms with Crippen LogP contribution in [0.2, 0.25) is 5.02 Å². The fourth-order valence-electron chi connectivity index (χ4n) is 2.18. The Balaban J connectivity index is 1.95. The van der Waals surface area contributed by atoms with E-state index in [-0.39, 0.29) is 39.8 Å². The highest BCUT2D eigenvalue weighted by Gasteiger charge is 2.15. The van der Waals surface area contributed by atoms with E-state index in [1.54, 1.807) is 0 Å². The van der Waals surface area contributed by atoms with Crippen molar-refractivity contribution in [1.82, 2.24) is 5.43 Å². The number of nitro benzene ring substituents is 2. The zero-order valence-corrected chi connectivity index (χ0v) is 15.7. The number of halogens is 1. The van der Waals surface area contributed by atoms with Gasteiger partial charge in [-0.05, 0) is 25.1 Å². The molecule has 0 aliphatic rings. The van der Waals surface area contributed by atoms with Crippen LogP contribution >= 0.6 is 11.6 Å². The molecule has 2 rings (SSSR count). The highest BCUT2D eigenvalue weighted by Crippen LogP contribution is 2.24. The summed E-state index contributed by atoms with van der Waals surface area (Å²) in [4.78, 5) is 44.3. The lowest BCUT2D eigenvalue weighted by molar-refractivity contribution is -0.384. The molecule has 150 valence electrons. The number of amides is 2. The molecule has 0 radical (unpaired) electrons. The molecule has 0 heterocycles. The van der Waals surface area contributed by atoms with Gasteiger partial charge in [0.25, 0.3) is 17.3 Å². The molecule has 0 atom stereocenters. The summed E-state index contributed by atoms with van der Waals surface area (Å²) in [6.45, 7) is 1.50. The van der Waals surface area contributed by atoms with Gasteiger partial charge in [-0.15, -0.1) is 0 Å².